The lowest BCUT2D eigenvalue weighted by Gasteiger charge is -2.37. The van der Waals surface area contributed by atoms with Gasteiger partial charge in [0.25, 0.3) is 0 Å². The molecule has 208 valence electrons. The van der Waals surface area contributed by atoms with Gasteiger partial charge in [0, 0.05) is 53.0 Å². The van der Waals surface area contributed by atoms with Crippen LogP contribution in [0.1, 0.15) is 77.2 Å². The molecule has 0 radical (unpaired) electrons. The van der Waals surface area contributed by atoms with Crippen molar-refractivity contribution in [3.63, 3.8) is 0 Å². The maximum atomic E-state index is 14.5. The van der Waals surface area contributed by atoms with E-state index in [2.05, 4.69) is 33.2 Å². The predicted octanol–water partition coefficient (Wildman–Crippen LogP) is 6.00. The summed E-state index contributed by atoms with van der Waals surface area (Å²) in [7, 11) is 1.84. The average molecular weight is 607 g/mol. The summed E-state index contributed by atoms with van der Waals surface area (Å²) in [4.78, 5) is 28.3. The Kier molecular flexibility index (Phi) is 8.03. The zero-order valence-corrected chi connectivity index (χ0v) is 24.7. The standard InChI is InChI=1S/C31H33BrFN5O2/c1-19-5-7-22(8-6-19)31(40)29-12-10-25(36(29)4)17-30(39)37-14-13-23(15-20(37)2)28-18-38(35-34-28)21(3)26-11-9-24(32)16-27(26)33/h5-12,16,18,20-21,23H,13-15,17H2,1-4H3/t20?,21-,23?/m0/s1. The van der Waals surface area contributed by atoms with E-state index in [4.69, 9.17) is 0 Å². The van der Waals surface area contributed by atoms with Crippen LogP contribution in [0.4, 0.5) is 4.39 Å². The van der Waals surface area contributed by atoms with E-state index in [-0.39, 0.29) is 41.9 Å². The molecule has 4 aromatic rings. The fraction of sp³-hybridized carbons (Fsp3) is 0.355. The SMILES string of the molecule is Cc1ccc(C(=O)c2ccc(CC(=O)N3CCC(c4cn([C@@H](C)c5ccc(Br)cc5F)nn4)CC3C)n2C)cc1. The number of aromatic nitrogens is 4. The van der Waals surface area contributed by atoms with Crippen LogP contribution in [0.2, 0.25) is 0 Å². The highest BCUT2D eigenvalue weighted by Crippen LogP contribution is 2.32. The molecule has 2 unspecified atom stereocenters. The fourth-order valence-corrected chi connectivity index (χ4v) is 5.86. The molecule has 0 N–H and O–H groups in total. The van der Waals surface area contributed by atoms with Crippen LogP contribution in [-0.2, 0) is 18.3 Å². The lowest BCUT2D eigenvalue weighted by molar-refractivity contribution is -0.134. The Morgan fingerprint density at radius 2 is 1.88 bits per heavy atom. The molecule has 0 bridgehead atoms. The first-order valence-corrected chi connectivity index (χ1v) is 14.3. The van der Waals surface area contributed by atoms with Gasteiger partial charge in [0.05, 0.1) is 23.9 Å². The van der Waals surface area contributed by atoms with Gasteiger partial charge in [-0.2, -0.15) is 0 Å². The number of likely N-dealkylation sites (tertiary alicyclic amines) is 1. The van der Waals surface area contributed by atoms with Gasteiger partial charge < -0.3 is 9.47 Å². The van der Waals surface area contributed by atoms with E-state index in [1.165, 1.54) is 6.07 Å². The van der Waals surface area contributed by atoms with Crippen molar-refractivity contribution in [2.75, 3.05) is 6.54 Å². The average Bonchev–Trinajstić information content (AvgIpc) is 3.56. The largest absolute Gasteiger partial charge is 0.344 e. The van der Waals surface area contributed by atoms with Crippen molar-refractivity contribution < 1.29 is 14.0 Å². The van der Waals surface area contributed by atoms with Crippen molar-refractivity contribution in [3.8, 4) is 0 Å². The molecule has 0 aliphatic carbocycles. The van der Waals surface area contributed by atoms with Crippen LogP contribution < -0.4 is 0 Å². The Morgan fingerprint density at radius 1 is 1.12 bits per heavy atom. The van der Waals surface area contributed by atoms with Crippen LogP contribution in [0.5, 0.6) is 0 Å². The van der Waals surface area contributed by atoms with Crippen LogP contribution in [0.15, 0.2) is 65.3 Å². The van der Waals surface area contributed by atoms with E-state index in [0.717, 1.165) is 29.8 Å². The predicted molar refractivity (Wildman–Crippen MR) is 155 cm³/mol. The van der Waals surface area contributed by atoms with Crippen molar-refractivity contribution in [1.29, 1.82) is 0 Å². The summed E-state index contributed by atoms with van der Waals surface area (Å²) in [5, 5.41) is 8.70. The number of ketones is 1. The summed E-state index contributed by atoms with van der Waals surface area (Å²) < 4.78 is 18.7. The number of halogens is 2. The highest BCUT2D eigenvalue weighted by atomic mass is 79.9. The highest BCUT2D eigenvalue weighted by molar-refractivity contribution is 9.10. The van der Waals surface area contributed by atoms with Crippen molar-refractivity contribution in [2.45, 2.75) is 58.0 Å². The second kappa shape index (κ2) is 11.5. The molecule has 2 aromatic carbocycles. The Morgan fingerprint density at radius 3 is 2.58 bits per heavy atom. The molecule has 9 heteroatoms. The van der Waals surface area contributed by atoms with Gasteiger partial charge in [0.15, 0.2) is 0 Å². The van der Waals surface area contributed by atoms with Gasteiger partial charge in [-0.3, -0.25) is 9.59 Å². The molecule has 2 aromatic heterocycles. The zero-order valence-electron chi connectivity index (χ0n) is 23.1. The first kappa shape index (κ1) is 28.0. The minimum absolute atomic E-state index is 0.0340. The normalized spacial score (nSPS) is 18.1. The molecular formula is C31H33BrFN5O2. The first-order valence-electron chi connectivity index (χ1n) is 13.5. The van der Waals surface area contributed by atoms with Crippen LogP contribution in [0.3, 0.4) is 0 Å². The number of amides is 1. The minimum atomic E-state index is -0.290. The van der Waals surface area contributed by atoms with Crippen molar-refractivity contribution >= 4 is 27.6 Å². The number of benzene rings is 2. The van der Waals surface area contributed by atoms with Gasteiger partial charge in [0.2, 0.25) is 11.7 Å². The highest BCUT2D eigenvalue weighted by Gasteiger charge is 2.32. The quantitative estimate of drug-likeness (QED) is 0.242. The molecule has 1 amide bonds. The van der Waals surface area contributed by atoms with E-state index in [1.54, 1.807) is 16.8 Å². The molecule has 5 rings (SSSR count). The van der Waals surface area contributed by atoms with Gasteiger partial charge in [0.1, 0.15) is 5.82 Å². The molecule has 0 saturated carbocycles. The van der Waals surface area contributed by atoms with E-state index >= 15 is 0 Å². The number of carbonyl (C=O) groups is 2. The van der Waals surface area contributed by atoms with Gasteiger partial charge in [-0.05, 0) is 57.9 Å². The van der Waals surface area contributed by atoms with Crippen LogP contribution in [0, 0.1) is 12.7 Å². The summed E-state index contributed by atoms with van der Waals surface area (Å²) >= 11 is 3.30. The molecule has 0 spiro atoms. The number of rotatable bonds is 7. The number of aryl methyl sites for hydroxylation is 1. The molecule has 1 fully saturated rings. The number of hydrogen-bond donors (Lipinski definition) is 0. The molecule has 1 aliphatic rings. The van der Waals surface area contributed by atoms with Gasteiger partial charge in [-0.15, -0.1) is 5.10 Å². The number of carbonyl (C=O) groups excluding carboxylic acids is 2. The zero-order chi connectivity index (χ0) is 28.6. The topological polar surface area (TPSA) is 73.0 Å². The second-order valence-corrected chi connectivity index (χ2v) is 11.7. The maximum absolute atomic E-state index is 14.5. The summed E-state index contributed by atoms with van der Waals surface area (Å²) in [6.07, 6.45) is 3.69. The van der Waals surface area contributed by atoms with Crippen molar-refractivity contribution in [3.05, 3.63) is 105 Å². The minimum Gasteiger partial charge on any atom is -0.344 e. The Balaban J connectivity index is 1.21. The summed E-state index contributed by atoms with van der Waals surface area (Å²) in [5.41, 5.74) is 4.53. The number of nitrogens with zero attached hydrogens (tertiary/aromatic N) is 5. The summed E-state index contributed by atoms with van der Waals surface area (Å²) in [6, 6.07) is 16.0. The maximum Gasteiger partial charge on any atom is 0.228 e. The summed E-state index contributed by atoms with van der Waals surface area (Å²) in [6.45, 7) is 6.57. The third-order valence-electron chi connectivity index (χ3n) is 8.06. The number of hydrogen-bond acceptors (Lipinski definition) is 4. The van der Waals surface area contributed by atoms with E-state index in [1.807, 2.05) is 73.0 Å². The van der Waals surface area contributed by atoms with E-state index in [9.17, 15) is 14.0 Å². The van der Waals surface area contributed by atoms with Crippen molar-refractivity contribution in [2.24, 2.45) is 7.05 Å². The Bertz CT molecular complexity index is 1540. The molecule has 3 atom stereocenters. The lowest BCUT2D eigenvalue weighted by atomic mass is 9.89. The third-order valence-corrected chi connectivity index (χ3v) is 8.55. The fourth-order valence-electron chi connectivity index (χ4n) is 5.53. The van der Waals surface area contributed by atoms with Gasteiger partial charge in [-0.1, -0.05) is 57.0 Å². The smallest absolute Gasteiger partial charge is 0.228 e. The van der Waals surface area contributed by atoms with E-state index < -0.39 is 0 Å². The van der Waals surface area contributed by atoms with Crippen LogP contribution in [-0.4, -0.2) is 48.7 Å². The van der Waals surface area contributed by atoms with E-state index in [0.29, 0.717) is 27.8 Å². The third kappa shape index (κ3) is 5.66. The lowest BCUT2D eigenvalue weighted by Crippen LogP contribution is -2.45. The van der Waals surface area contributed by atoms with Crippen LogP contribution in [0.25, 0.3) is 0 Å². The Hall–Kier alpha value is -3.59. The molecular weight excluding hydrogens is 573 g/mol. The number of piperidine rings is 1. The van der Waals surface area contributed by atoms with Gasteiger partial charge in [-0.25, -0.2) is 9.07 Å². The molecule has 7 nitrogen and oxygen atoms in total. The summed E-state index contributed by atoms with van der Waals surface area (Å²) in [5.74, 6) is -0.127. The second-order valence-electron chi connectivity index (χ2n) is 10.8. The molecule has 3 heterocycles. The Labute approximate surface area is 242 Å². The molecule has 40 heavy (non-hydrogen) atoms. The molecule has 1 aliphatic heterocycles. The van der Waals surface area contributed by atoms with Crippen LogP contribution >= 0.6 is 15.9 Å². The van der Waals surface area contributed by atoms with Crippen molar-refractivity contribution in [1.82, 2.24) is 24.5 Å². The monoisotopic (exact) mass is 605 g/mol. The first-order chi connectivity index (χ1) is 19.1. The molecule has 1 saturated heterocycles. The van der Waals surface area contributed by atoms with Gasteiger partial charge >= 0.3 is 0 Å².